The van der Waals surface area contributed by atoms with Gasteiger partial charge in [0.1, 0.15) is 5.82 Å². The van der Waals surface area contributed by atoms with Gasteiger partial charge in [-0.1, -0.05) is 35.3 Å². The SMILES string of the molecule is CN(CC(=O)NCC(=O)Nc1ccc(F)cc1)Cc1cccc(Cl)c1Cl. The zero-order chi connectivity index (χ0) is 19.1. The van der Waals surface area contributed by atoms with Crippen LogP contribution >= 0.6 is 23.2 Å². The molecule has 0 bridgehead atoms. The number of benzene rings is 2. The Morgan fingerprint density at radius 1 is 1.08 bits per heavy atom. The molecule has 2 aromatic rings. The van der Waals surface area contributed by atoms with Gasteiger partial charge in [0.15, 0.2) is 0 Å². The van der Waals surface area contributed by atoms with Crippen LogP contribution in [0.3, 0.4) is 0 Å². The zero-order valence-electron chi connectivity index (χ0n) is 14.1. The molecule has 0 aliphatic carbocycles. The monoisotopic (exact) mass is 397 g/mol. The van der Waals surface area contributed by atoms with Gasteiger partial charge in [-0.3, -0.25) is 14.5 Å². The molecule has 138 valence electrons. The Kier molecular flexibility index (Phi) is 7.38. The van der Waals surface area contributed by atoms with E-state index in [1.165, 1.54) is 24.3 Å². The highest BCUT2D eigenvalue weighted by atomic mass is 35.5. The fraction of sp³-hybridized carbons (Fsp3) is 0.222. The van der Waals surface area contributed by atoms with E-state index in [1.54, 1.807) is 24.1 Å². The van der Waals surface area contributed by atoms with Crippen molar-refractivity contribution in [1.29, 1.82) is 0 Å². The molecule has 0 radical (unpaired) electrons. The van der Waals surface area contributed by atoms with E-state index in [1.807, 2.05) is 6.07 Å². The van der Waals surface area contributed by atoms with Crippen LogP contribution in [0, 0.1) is 5.82 Å². The van der Waals surface area contributed by atoms with Crippen molar-refractivity contribution in [3.05, 3.63) is 63.9 Å². The molecule has 2 rings (SSSR count). The Bertz CT molecular complexity index is 785. The van der Waals surface area contributed by atoms with E-state index in [-0.39, 0.29) is 24.8 Å². The number of nitrogens with one attached hydrogen (secondary N) is 2. The molecule has 2 aromatic carbocycles. The van der Waals surface area contributed by atoms with Gasteiger partial charge in [-0.25, -0.2) is 4.39 Å². The lowest BCUT2D eigenvalue weighted by Crippen LogP contribution is -2.39. The fourth-order valence-electron chi connectivity index (χ4n) is 2.24. The number of likely N-dealkylation sites (N-methyl/N-ethyl adjacent to an activating group) is 1. The molecule has 0 aromatic heterocycles. The van der Waals surface area contributed by atoms with Crippen LogP contribution in [0.15, 0.2) is 42.5 Å². The lowest BCUT2D eigenvalue weighted by molar-refractivity contribution is -0.124. The van der Waals surface area contributed by atoms with Crippen LogP contribution in [0.1, 0.15) is 5.56 Å². The number of halogens is 3. The number of hydrogen-bond acceptors (Lipinski definition) is 3. The second kappa shape index (κ2) is 9.52. The van der Waals surface area contributed by atoms with Gasteiger partial charge in [0.2, 0.25) is 11.8 Å². The number of carbonyl (C=O) groups excluding carboxylic acids is 2. The average molecular weight is 398 g/mol. The minimum Gasteiger partial charge on any atom is -0.346 e. The number of amides is 2. The molecule has 0 saturated carbocycles. The molecular weight excluding hydrogens is 380 g/mol. The predicted molar refractivity (Wildman–Crippen MR) is 101 cm³/mol. The minimum atomic E-state index is -0.398. The van der Waals surface area contributed by atoms with Crippen molar-refractivity contribution >= 4 is 40.7 Å². The van der Waals surface area contributed by atoms with Gasteiger partial charge in [0, 0.05) is 12.2 Å². The second-order valence-corrected chi connectivity index (χ2v) is 6.50. The first-order valence-corrected chi connectivity index (χ1v) is 8.54. The summed E-state index contributed by atoms with van der Waals surface area (Å²) in [5.74, 6) is -1.09. The van der Waals surface area contributed by atoms with Crippen LogP contribution in [-0.4, -0.2) is 36.9 Å². The number of hydrogen-bond donors (Lipinski definition) is 2. The van der Waals surface area contributed by atoms with Crippen molar-refractivity contribution in [3.63, 3.8) is 0 Å². The molecule has 2 amide bonds. The van der Waals surface area contributed by atoms with Gasteiger partial charge in [-0.2, -0.15) is 0 Å². The third-order valence-corrected chi connectivity index (χ3v) is 4.32. The molecule has 0 saturated heterocycles. The van der Waals surface area contributed by atoms with Crippen LogP contribution in [0.25, 0.3) is 0 Å². The first kappa shape index (κ1) is 20.2. The highest BCUT2D eigenvalue weighted by Gasteiger charge is 2.11. The van der Waals surface area contributed by atoms with Crippen molar-refractivity contribution in [2.75, 3.05) is 25.5 Å². The van der Waals surface area contributed by atoms with Crippen LogP contribution in [0.4, 0.5) is 10.1 Å². The molecule has 0 spiro atoms. The molecule has 0 aliphatic rings. The van der Waals surface area contributed by atoms with E-state index in [9.17, 15) is 14.0 Å². The maximum atomic E-state index is 12.8. The summed E-state index contributed by atoms with van der Waals surface area (Å²) in [4.78, 5) is 25.5. The second-order valence-electron chi connectivity index (χ2n) is 5.72. The summed E-state index contributed by atoms with van der Waals surface area (Å²) in [6.45, 7) is 0.350. The van der Waals surface area contributed by atoms with E-state index >= 15 is 0 Å². The summed E-state index contributed by atoms with van der Waals surface area (Å²) >= 11 is 12.1. The normalized spacial score (nSPS) is 10.7. The Hall–Kier alpha value is -2.15. The quantitative estimate of drug-likeness (QED) is 0.753. The summed E-state index contributed by atoms with van der Waals surface area (Å²) in [5.41, 5.74) is 1.27. The molecular formula is C18H18Cl2FN3O2. The van der Waals surface area contributed by atoms with E-state index in [4.69, 9.17) is 23.2 Å². The molecule has 0 heterocycles. The first-order valence-electron chi connectivity index (χ1n) is 7.78. The zero-order valence-corrected chi connectivity index (χ0v) is 15.6. The molecule has 0 atom stereocenters. The Morgan fingerprint density at radius 2 is 1.77 bits per heavy atom. The lowest BCUT2D eigenvalue weighted by Gasteiger charge is -2.17. The summed E-state index contributed by atoms with van der Waals surface area (Å²) < 4.78 is 12.8. The standard InChI is InChI=1S/C18H18Cl2FN3O2/c1-24(10-12-3-2-4-15(19)18(12)20)11-17(26)22-9-16(25)23-14-7-5-13(21)6-8-14/h2-8H,9-11H2,1H3,(H,22,26)(H,23,25). The smallest absolute Gasteiger partial charge is 0.243 e. The number of anilines is 1. The molecule has 0 unspecified atom stereocenters. The third kappa shape index (κ3) is 6.29. The minimum absolute atomic E-state index is 0.0900. The van der Waals surface area contributed by atoms with Gasteiger partial charge in [-0.05, 0) is 42.9 Å². The van der Waals surface area contributed by atoms with Crippen molar-refractivity contribution in [1.82, 2.24) is 10.2 Å². The van der Waals surface area contributed by atoms with Crippen LogP contribution < -0.4 is 10.6 Å². The maximum Gasteiger partial charge on any atom is 0.243 e. The van der Waals surface area contributed by atoms with E-state index in [2.05, 4.69) is 10.6 Å². The summed E-state index contributed by atoms with van der Waals surface area (Å²) in [6.07, 6.45) is 0. The van der Waals surface area contributed by atoms with Crippen molar-refractivity contribution in [2.24, 2.45) is 0 Å². The van der Waals surface area contributed by atoms with Crippen molar-refractivity contribution in [2.45, 2.75) is 6.54 Å². The summed E-state index contributed by atoms with van der Waals surface area (Å²) in [7, 11) is 1.76. The molecule has 8 heteroatoms. The Labute approximate surface area is 161 Å². The largest absolute Gasteiger partial charge is 0.346 e. The molecule has 26 heavy (non-hydrogen) atoms. The maximum absolute atomic E-state index is 12.8. The van der Waals surface area contributed by atoms with E-state index < -0.39 is 5.91 Å². The molecule has 0 aliphatic heterocycles. The third-order valence-electron chi connectivity index (χ3n) is 3.46. The van der Waals surface area contributed by atoms with Gasteiger partial charge in [0.25, 0.3) is 0 Å². The lowest BCUT2D eigenvalue weighted by atomic mass is 10.2. The Balaban J connectivity index is 1.76. The Morgan fingerprint density at radius 3 is 2.46 bits per heavy atom. The van der Waals surface area contributed by atoms with Crippen LogP contribution in [0.2, 0.25) is 10.0 Å². The summed E-state index contributed by atoms with van der Waals surface area (Å²) in [6, 6.07) is 10.7. The van der Waals surface area contributed by atoms with Gasteiger partial charge < -0.3 is 10.6 Å². The first-order chi connectivity index (χ1) is 12.3. The average Bonchev–Trinajstić information content (AvgIpc) is 2.59. The van der Waals surface area contributed by atoms with Gasteiger partial charge in [0.05, 0.1) is 23.1 Å². The van der Waals surface area contributed by atoms with Crippen molar-refractivity contribution in [3.8, 4) is 0 Å². The number of nitrogens with zero attached hydrogens (tertiary/aromatic N) is 1. The van der Waals surface area contributed by atoms with Crippen LogP contribution in [0.5, 0.6) is 0 Å². The van der Waals surface area contributed by atoms with Crippen LogP contribution in [-0.2, 0) is 16.1 Å². The van der Waals surface area contributed by atoms with Crippen molar-refractivity contribution < 1.29 is 14.0 Å². The van der Waals surface area contributed by atoms with E-state index in [0.717, 1.165) is 5.56 Å². The fourth-order valence-corrected chi connectivity index (χ4v) is 2.62. The number of carbonyl (C=O) groups is 2. The molecule has 2 N–H and O–H groups in total. The predicted octanol–water partition coefficient (Wildman–Crippen LogP) is 3.32. The highest BCUT2D eigenvalue weighted by Crippen LogP contribution is 2.26. The highest BCUT2D eigenvalue weighted by molar-refractivity contribution is 6.42. The summed E-state index contributed by atoms with van der Waals surface area (Å²) in [5, 5.41) is 6.01. The molecule has 5 nitrogen and oxygen atoms in total. The topological polar surface area (TPSA) is 61.4 Å². The van der Waals surface area contributed by atoms with E-state index in [0.29, 0.717) is 22.3 Å². The van der Waals surface area contributed by atoms with Gasteiger partial charge in [-0.15, -0.1) is 0 Å². The number of rotatable bonds is 7. The van der Waals surface area contributed by atoms with Gasteiger partial charge >= 0.3 is 0 Å². The molecule has 0 fully saturated rings.